The number of aryl methyl sites for hydroxylation is 1. The highest BCUT2D eigenvalue weighted by atomic mass is 32.1. The van der Waals surface area contributed by atoms with Crippen molar-refractivity contribution in [2.45, 2.75) is 6.92 Å². The van der Waals surface area contributed by atoms with Crippen molar-refractivity contribution >= 4 is 28.4 Å². The molecule has 0 atom stereocenters. The zero-order valence-corrected chi connectivity index (χ0v) is 10.8. The molecule has 0 unspecified atom stereocenters. The van der Waals surface area contributed by atoms with Gasteiger partial charge in [-0.25, -0.2) is 0 Å². The van der Waals surface area contributed by atoms with Crippen LogP contribution in [0.5, 0.6) is 0 Å². The van der Waals surface area contributed by atoms with E-state index in [1.807, 2.05) is 30.3 Å². The lowest BCUT2D eigenvalue weighted by Gasteiger charge is -2.08. The molecule has 18 heavy (non-hydrogen) atoms. The van der Waals surface area contributed by atoms with Gasteiger partial charge < -0.3 is 0 Å². The molecule has 0 radical (unpaired) electrons. The average molecular weight is 252 g/mol. The summed E-state index contributed by atoms with van der Waals surface area (Å²) in [6.45, 7) is 2.12. The molecule has 2 heteroatoms. The number of rotatable bonds is 2. The molecule has 0 aliphatic rings. The third-order valence-corrected chi connectivity index (χ3v) is 4.24. The highest BCUT2D eigenvalue weighted by Gasteiger charge is 2.09. The minimum atomic E-state index is 0.753. The fourth-order valence-electron chi connectivity index (χ4n) is 2.27. The third-order valence-electron chi connectivity index (χ3n) is 3.19. The predicted octanol–water partition coefficient (Wildman–Crippen LogP) is 4.69. The number of hydrogen-bond donors (Lipinski definition) is 0. The SMILES string of the molecule is Cc1ccsc1-c1ccc(C=O)c2ccccc12. The zero-order chi connectivity index (χ0) is 12.5. The Bertz CT molecular complexity index is 725. The Morgan fingerprint density at radius 2 is 1.78 bits per heavy atom. The summed E-state index contributed by atoms with van der Waals surface area (Å²) in [7, 11) is 0. The molecule has 2 aromatic carbocycles. The Labute approximate surface area is 110 Å². The molecule has 1 heterocycles. The van der Waals surface area contributed by atoms with Gasteiger partial charge in [-0.1, -0.05) is 36.4 Å². The van der Waals surface area contributed by atoms with E-state index in [2.05, 4.69) is 24.4 Å². The highest BCUT2D eigenvalue weighted by molar-refractivity contribution is 7.13. The van der Waals surface area contributed by atoms with Gasteiger partial charge in [-0.05, 0) is 40.3 Å². The van der Waals surface area contributed by atoms with Gasteiger partial charge in [0.1, 0.15) is 0 Å². The minimum absolute atomic E-state index is 0.753. The second kappa shape index (κ2) is 4.39. The van der Waals surface area contributed by atoms with Crippen molar-refractivity contribution in [1.82, 2.24) is 0 Å². The Hall–Kier alpha value is -1.93. The van der Waals surface area contributed by atoms with Crippen LogP contribution in [0.3, 0.4) is 0 Å². The van der Waals surface area contributed by atoms with Crippen LogP contribution >= 0.6 is 11.3 Å². The second-order valence-corrected chi connectivity index (χ2v) is 5.21. The monoisotopic (exact) mass is 252 g/mol. The van der Waals surface area contributed by atoms with Crippen molar-refractivity contribution in [1.29, 1.82) is 0 Å². The van der Waals surface area contributed by atoms with Gasteiger partial charge in [-0.15, -0.1) is 11.3 Å². The summed E-state index contributed by atoms with van der Waals surface area (Å²) in [5.74, 6) is 0. The third kappa shape index (κ3) is 1.66. The van der Waals surface area contributed by atoms with Gasteiger partial charge in [-0.3, -0.25) is 4.79 Å². The molecule has 0 saturated carbocycles. The minimum Gasteiger partial charge on any atom is -0.298 e. The number of carbonyl (C=O) groups is 1. The van der Waals surface area contributed by atoms with Gasteiger partial charge >= 0.3 is 0 Å². The lowest BCUT2D eigenvalue weighted by molar-refractivity contribution is 0.112. The van der Waals surface area contributed by atoms with Crippen LogP contribution in [0.15, 0.2) is 47.8 Å². The molecule has 0 bridgehead atoms. The van der Waals surface area contributed by atoms with Crippen LogP contribution in [0.2, 0.25) is 0 Å². The fourth-order valence-corrected chi connectivity index (χ4v) is 3.24. The summed E-state index contributed by atoms with van der Waals surface area (Å²) in [5.41, 5.74) is 3.25. The Kier molecular flexibility index (Phi) is 2.73. The molecular weight excluding hydrogens is 240 g/mol. The summed E-state index contributed by atoms with van der Waals surface area (Å²) in [4.78, 5) is 12.4. The van der Waals surface area contributed by atoms with E-state index in [1.165, 1.54) is 16.0 Å². The first-order valence-electron chi connectivity index (χ1n) is 5.82. The number of aldehydes is 1. The van der Waals surface area contributed by atoms with Crippen molar-refractivity contribution in [3.63, 3.8) is 0 Å². The lowest BCUT2D eigenvalue weighted by Crippen LogP contribution is -1.86. The zero-order valence-electron chi connectivity index (χ0n) is 10.0. The first-order valence-corrected chi connectivity index (χ1v) is 6.70. The Balaban J connectivity index is 2.39. The summed E-state index contributed by atoms with van der Waals surface area (Å²) in [6.07, 6.45) is 0.924. The largest absolute Gasteiger partial charge is 0.298 e. The van der Waals surface area contributed by atoms with E-state index in [1.54, 1.807) is 11.3 Å². The summed E-state index contributed by atoms with van der Waals surface area (Å²) >= 11 is 1.74. The molecule has 88 valence electrons. The first kappa shape index (κ1) is 11.2. The smallest absolute Gasteiger partial charge is 0.150 e. The first-order chi connectivity index (χ1) is 8.81. The van der Waals surface area contributed by atoms with Gasteiger partial charge in [-0.2, -0.15) is 0 Å². The van der Waals surface area contributed by atoms with Gasteiger partial charge in [0, 0.05) is 10.4 Å². The molecule has 0 aliphatic heterocycles. The second-order valence-electron chi connectivity index (χ2n) is 4.30. The summed E-state index contributed by atoms with van der Waals surface area (Å²) in [5, 5.41) is 4.28. The molecule has 0 saturated heterocycles. The van der Waals surface area contributed by atoms with Crippen molar-refractivity contribution in [2.75, 3.05) is 0 Å². The van der Waals surface area contributed by atoms with Gasteiger partial charge in [0.2, 0.25) is 0 Å². The van der Waals surface area contributed by atoms with E-state index < -0.39 is 0 Å². The molecule has 0 fully saturated rings. The number of fused-ring (bicyclic) bond motifs is 1. The van der Waals surface area contributed by atoms with Gasteiger partial charge in [0.05, 0.1) is 0 Å². The van der Waals surface area contributed by atoms with E-state index in [9.17, 15) is 4.79 Å². The van der Waals surface area contributed by atoms with Crippen LogP contribution in [-0.2, 0) is 0 Å². The van der Waals surface area contributed by atoms with Crippen LogP contribution in [-0.4, -0.2) is 6.29 Å². The van der Waals surface area contributed by atoms with Crippen LogP contribution in [0.1, 0.15) is 15.9 Å². The highest BCUT2D eigenvalue weighted by Crippen LogP contribution is 2.35. The predicted molar refractivity (Wildman–Crippen MR) is 77.4 cm³/mol. The molecule has 3 aromatic rings. The number of hydrogen-bond acceptors (Lipinski definition) is 2. The summed E-state index contributed by atoms with van der Waals surface area (Å²) < 4.78 is 0. The van der Waals surface area contributed by atoms with Crippen LogP contribution in [0, 0.1) is 6.92 Å². The molecule has 1 aromatic heterocycles. The van der Waals surface area contributed by atoms with Gasteiger partial charge in [0.15, 0.2) is 6.29 Å². The van der Waals surface area contributed by atoms with Crippen LogP contribution in [0.25, 0.3) is 21.2 Å². The Morgan fingerprint density at radius 3 is 2.44 bits per heavy atom. The summed E-state index contributed by atoms with van der Waals surface area (Å²) in [6, 6.07) is 14.2. The normalized spacial score (nSPS) is 10.7. The quantitative estimate of drug-likeness (QED) is 0.605. The standard InChI is InChI=1S/C16H12OS/c1-11-8-9-18-16(11)15-7-6-12(10-17)13-4-2-3-5-14(13)15/h2-10H,1H3. The maximum atomic E-state index is 11.1. The van der Waals surface area contributed by atoms with E-state index in [0.717, 1.165) is 22.6 Å². The van der Waals surface area contributed by atoms with Crippen molar-refractivity contribution < 1.29 is 4.79 Å². The molecule has 0 aliphatic carbocycles. The lowest BCUT2D eigenvalue weighted by atomic mass is 9.98. The topological polar surface area (TPSA) is 17.1 Å². The molecule has 0 spiro atoms. The molecule has 3 rings (SSSR count). The molecule has 0 amide bonds. The van der Waals surface area contributed by atoms with Crippen molar-refractivity contribution in [3.8, 4) is 10.4 Å². The Morgan fingerprint density at radius 1 is 1.00 bits per heavy atom. The van der Waals surface area contributed by atoms with E-state index in [0.29, 0.717) is 0 Å². The van der Waals surface area contributed by atoms with E-state index in [-0.39, 0.29) is 0 Å². The van der Waals surface area contributed by atoms with Crippen LogP contribution in [0.4, 0.5) is 0 Å². The molecular formula is C16H12OS. The number of benzene rings is 2. The maximum Gasteiger partial charge on any atom is 0.150 e. The van der Waals surface area contributed by atoms with Crippen molar-refractivity contribution in [3.05, 3.63) is 59.0 Å². The molecule has 0 N–H and O–H groups in total. The molecule has 1 nitrogen and oxygen atoms in total. The number of carbonyl (C=O) groups excluding carboxylic acids is 1. The van der Waals surface area contributed by atoms with Crippen LogP contribution < -0.4 is 0 Å². The van der Waals surface area contributed by atoms with Crippen molar-refractivity contribution in [2.24, 2.45) is 0 Å². The van der Waals surface area contributed by atoms with E-state index in [4.69, 9.17) is 0 Å². The fraction of sp³-hybridized carbons (Fsp3) is 0.0625. The average Bonchev–Trinajstić information content (AvgIpc) is 2.83. The number of thiophene rings is 1. The van der Waals surface area contributed by atoms with Gasteiger partial charge in [0.25, 0.3) is 0 Å². The maximum absolute atomic E-state index is 11.1. The van der Waals surface area contributed by atoms with E-state index >= 15 is 0 Å².